The molecular weight excluding hydrogens is 424 g/mol. The predicted octanol–water partition coefficient (Wildman–Crippen LogP) is 3.46. The molecule has 0 radical (unpaired) electrons. The van der Waals surface area contributed by atoms with Gasteiger partial charge in [0.25, 0.3) is 11.6 Å². The topological polar surface area (TPSA) is 123 Å². The van der Waals surface area contributed by atoms with Gasteiger partial charge < -0.3 is 5.32 Å². The molecule has 1 aliphatic heterocycles. The summed E-state index contributed by atoms with van der Waals surface area (Å²) in [5.74, 6) is -0.326. The Morgan fingerprint density at radius 3 is 2.67 bits per heavy atom. The maximum atomic E-state index is 13.4. The highest BCUT2D eigenvalue weighted by molar-refractivity contribution is 6.05. The molecule has 0 fully saturated rings. The molecule has 0 aliphatic carbocycles. The molecule has 2 amide bonds. The van der Waals surface area contributed by atoms with Crippen molar-refractivity contribution in [1.82, 2.24) is 14.5 Å². The van der Waals surface area contributed by atoms with Gasteiger partial charge in [-0.1, -0.05) is 30.3 Å². The number of para-hydroxylation sites is 4. The zero-order valence-corrected chi connectivity index (χ0v) is 17.3. The summed E-state index contributed by atoms with van der Waals surface area (Å²) in [6, 6.07) is 16.1. The summed E-state index contributed by atoms with van der Waals surface area (Å²) >= 11 is 0. The number of nitro benzene ring substituents is 1. The first kappa shape index (κ1) is 20.3. The first-order valence-electron chi connectivity index (χ1n) is 10.2. The van der Waals surface area contributed by atoms with Gasteiger partial charge in [-0.2, -0.15) is 0 Å². The summed E-state index contributed by atoms with van der Waals surface area (Å²) in [4.78, 5) is 47.2. The first-order chi connectivity index (χ1) is 16.0. The molecular formula is C23H18N6O4. The SMILES string of the molecule is O=C(C[C@H]1C(=O)N(Cc2cccnc2)c2nc3ccccc3n21)Nc1ccccc1[N+](=O)[O-]. The Balaban J connectivity index is 1.47. The van der Waals surface area contributed by atoms with Crippen molar-refractivity contribution in [2.45, 2.75) is 19.0 Å². The van der Waals surface area contributed by atoms with Crippen LogP contribution in [0, 0.1) is 10.1 Å². The van der Waals surface area contributed by atoms with E-state index < -0.39 is 16.9 Å². The molecule has 10 heteroatoms. The molecule has 0 saturated carbocycles. The van der Waals surface area contributed by atoms with Crippen molar-refractivity contribution in [3.05, 3.63) is 88.7 Å². The Morgan fingerprint density at radius 2 is 1.88 bits per heavy atom. The average Bonchev–Trinajstić information content (AvgIpc) is 3.31. The lowest BCUT2D eigenvalue weighted by Gasteiger charge is -2.16. The molecule has 3 heterocycles. The minimum Gasteiger partial charge on any atom is -0.320 e. The number of nitro groups is 1. The molecule has 1 N–H and O–H groups in total. The van der Waals surface area contributed by atoms with Crippen molar-refractivity contribution < 1.29 is 14.5 Å². The number of amides is 2. The van der Waals surface area contributed by atoms with E-state index in [9.17, 15) is 19.7 Å². The van der Waals surface area contributed by atoms with Crippen LogP contribution in [0.3, 0.4) is 0 Å². The van der Waals surface area contributed by atoms with Crippen LogP contribution in [0.5, 0.6) is 0 Å². The van der Waals surface area contributed by atoms with Gasteiger partial charge in [0.1, 0.15) is 11.7 Å². The average molecular weight is 442 g/mol. The van der Waals surface area contributed by atoms with Gasteiger partial charge in [-0.15, -0.1) is 0 Å². The Kier molecular flexibility index (Phi) is 5.02. The van der Waals surface area contributed by atoms with Gasteiger partial charge in [-0.05, 0) is 29.8 Å². The Morgan fingerprint density at radius 1 is 1.09 bits per heavy atom. The van der Waals surface area contributed by atoms with Crippen LogP contribution < -0.4 is 10.2 Å². The molecule has 0 bridgehead atoms. The second-order valence-electron chi connectivity index (χ2n) is 7.60. The number of benzene rings is 2. The number of aromatic nitrogens is 3. The van der Waals surface area contributed by atoms with E-state index in [2.05, 4.69) is 15.3 Å². The van der Waals surface area contributed by atoms with Crippen molar-refractivity contribution in [1.29, 1.82) is 0 Å². The highest BCUT2D eigenvalue weighted by Crippen LogP contribution is 2.37. The van der Waals surface area contributed by atoms with Crippen LogP contribution in [0.2, 0.25) is 0 Å². The highest BCUT2D eigenvalue weighted by Gasteiger charge is 2.41. The summed E-state index contributed by atoms with van der Waals surface area (Å²) in [6.07, 6.45) is 3.14. The maximum absolute atomic E-state index is 13.4. The second kappa shape index (κ2) is 8.15. The van der Waals surface area contributed by atoms with Crippen molar-refractivity contribution in [2.24, 2.45) is 0 Å². The van der Waals surface area contributed by atoms with Gasteiger partial charge >= 0.3 is 0 Å². The molecule has 2 aromatic carbocycles. The summed E-state index contributed by atoms with van der Waals surface area (Å²) in [7, 11) is 0. The molecule has 1 atom stereocenters. The van der Waals surface area contributed by atoms with Gasteiger partial charge in [-0.3, -0.25) is 34.2 Å². The molecule has 4 aromatic rings. The largest absolute Gasteiger partial charge is 0.320 e. The number of fused-ring (bicyclic) bond motifs is 3. The second-order valence-corrected chi connectivity index (χ2v) is 7.60. The fourth-order valence-electron chi connectivity index (χ4n) is 4.04. The standard InChI is InChI=1S/C23H18N6O4/c30-21(25-17-8-2-4-10-19(17)29(32)33)12-20-22(31)27(14-15-6-5-11-24-13-15)23-26-16-7-1-3-9-18(16)28(20)23/h1-11,13,20H,12,14H2,(H,25,30)/t20-/m0/s1. The quantitative estimate of drug-likeness (QED) is 0.360. The van der Waals surface area contributed by atoms with E-state index in [1.54, 1.807) is 34.0 Å². The lowest BCUT2D eigenvalue weighted by atomic mass is 10.1. The number of anilines is 2. The Bertz CT molecular complexity index is 1380. The van der Waals surface area contributed by atoms with E-state index in [1.165, 1.54) is 18.2 Å². The van der Waals surface area contributed by atoms with Crippen LogP contribution in [-0.2, 0) is 16.1 Å². The molecule has 0 spiro atoms. The predicted molar refractivity (Wildman–Crippen MR) is 121 cm³/mol. The van der Waals surface area contributed by atoms with Crippen LogP contribution >= 0.6 is 0 Å². The number of carbonyl (C=O) groups is 2. The van der Waals surface area contributed by atoms with Gasteiger partial charge in [-0.25, -0.2) is 4.98 Å². The molecule has 33 heavy (non-hydrogen) atoms. The smallest absolute Gasteiger partial charge is 0.292 e. The van der Waals surface area contributed by atoms with E-state index in [0.29, 0.717) is 11.5 Å². The van der Waals surface area contributed by atoms with E-state index >= 15 is 0 Å². The number of carbonyl (C=O) groups excluding carboxylic acids is 2. The van der Waals surface area contributed by atoms with Crippen LogP contribution in [0.1, 0.15) is 18.0 Å². The fraction of sp³-hybridized carbons (Fsp3) is 0.130. The zero-order valence-electron chi connectivity index (χ0n) is 17.3. The maximum Gasteiger partial charge on any atom is 0.292 e. The van der Waals surface area contributed by atoms with Gasteiger partial charge in [0.05, 0.1) is 28.9 Å². The number of rotatable bonds is 6. The summed E-state index contributed by atoms with van der Waals surface area (Å²) in [6.45, 7) is 0.262. The first-order valence-corrected chi connectivity index (χ1v) is 10.2. The van der Waals surface area contributed by atoms with Crippen LogP contribution in [0.4, 0.5) is 17.3 Å². The molecule has 10 nitrogen and oxygen atoms in total. The van der Waals surface area contributed by atoms with Crippen LogP contribution in [-0.4, -0.2) is 31.3 Å². The number of nitrogens with zero attached hydrogens (tertiary/aromatic N) is 5. The number of imidazole rings is 1. The Labute approximate surface area is 187 Å². The highest BCUT2D eigenvalue weighted by atomic mass is 16.6. The number of hydrogen-bond donors (Lipinski definition) is 1. The minimum absolute atomic E-state index is 0.0841. The van der Waals surface area contributed by atoms with Crippen molar-refractivity contribution in [3.63, 3.8) is 0 Å². The van der Waals surface area contributed by atoms with Gasteiger partial charge in [0.15, 0.2) is 0 Å². The monoisotopic (exact) mass is 442 g/mol. The van der Waals surface area contributed by atoms with Crippen LogP contribution in [0.25, 0.3) is 11.0 Å². The van der Waals surface area contributed by atoms with Gasteiger partial charge in [0.2, 0.25) is 11.9 Å². The van der Waals surface area contributed by atoms with Gasteiger partial charge in [0, 0.05) is 18.5 Å². The third-order valence-corrected chi connectivity index (χ3v) is 5.50. The summed E-state index contributed by atoms with van der Waals surface area (Å²) < 4.78 is 1.76. The third kappa shape index (κ3) is 3.67. The van der Waals surface area contributed by atoms with Crippen molar-refractivity contribution in [2.75, 3.05) is 10.2 Å². The Hall–Kier alpha value is -4.60. The number of hydrogen-bond acceptors (Lipinski definition) is 6. The van der Waals surface area contributed by atoms with E-state index in [1.807, 2.05) is 30.3 Å². The van der Waals surface area contributed by atoms with E-state index in [0.717, 1.165) is 11.1 Å². The molecule has 0 saturated heterocycles. The zero-order chi connectivity index (χ0) is 22.9. The van der Waals surface area contributed by atoms with Crippen LogP contribution in [0.15, 0.2) is 73.1 Å². The molecule has 164 valence electrons. The lowest BCUT2D eigenvalue weighted by Crippen LogP contribution is -2.31. The fourth-order valence-corrected chi connectivity index (χ4v) is 4.04. The van der Waals surface area contributed by atoms with E-state index in [4.69, 9.17) is 0 Å². The minimum atomic E-state index is -0.827. The van der Waals surface area contributed by atoms with Crippen molar-refractivity contribution in [3.8, 4) is 0 Å². The summed E-state index contributed by atoms with van der Waals surface area (Å²) in [5, 5.41) is 13.8. The molecule has 2 aromatic heterocycles. The van der Waals surface area contributed by atoms with Crippen molar-refractivity contribution >= 4 is 40.2 Å². The van der Waals surface area contributed by atoms with E-state index in [-0.39, 0.29) is 30.2 Å². The lowest BCUT2D eigenvalue weighted by molar-refractivity contribution is -0.383. The number of nitrogens with one attached hydrogen (secondary N) is 1. The summed E-state index contributed by atoms with van der Waals surface area (Å²) in [5.41, 5.74) is 2.14. The molecule has 0 unspecified atom stereocenters. The molecule has 1 aliphatic rings. The normalized spacial score (nSPS) is 15.0. The number of pyridine rings is 1. The molecule has 5 rings (SSSR count). The third-order valence-electron chi connectivity index (χ3n) is 5.50.